The lowest BCUT2D eigenvalue weighted by Crippen LogP contribution is -2.12. The van der Waals surface area contributed by atoms with Crippen molar-refractivity contribution < 1.29 is 8.42 Å². The lowest BCUT2D eigenvalue weighted by Gasteiger charge is -2.08. The first kappa shape index (κ1) is 15.9. The number of nitrogens with two attached hydrogens (primary N) is 1. The fraction of sp³-hybridized carbons (Fsp3) is 0. The SMILES string of the molecule is NS(=O)(=O)c1ccc(-n2c(-c3ccc(Cl)cc3)n[nH]c2=S)cc1. The Bertz CT molecular complexity index is 1010. The molecular formula is C14H11ClN4O2S2. The Morgan fingerprint density at radius 3 is 2.26 bits per heavy atom. The van der Waals surface area contributed by atoms with E-state index in [0.717, 1.165) is 5.56 Å². The quantitative estimate of drug-likeness (QED) is 0.697. The number of hydrogen-bond donors (Lipinski definition) is 2. The summed E-state index contributed by atoms with van der Waals surface area (Å²) < 4.78 is 24.8. The summed E-state index contributed by atoms with van der Waals surface area (Å²) in [7, 11) is -3.74. The zero-order valence-electron chi connectivity index (χ0n) is 11.6. The molecule has 1 aromatic heterocycles. The summed E-state index contributed by atoms with van der Waals surface area (Å²) >= 11 is 11.2. The van der Waals surface area contributed by atoms with E-state index in [-0.39, 0.29) is 4.90 Å². The molecule has 0 fully saturated rings. The van der Waals surface area contributed by atoms with E-state index in [4.69, 9.17) is 29.0 Å². The Morgan fingerprint density at radius 2 is 1.70 bits per heavy atom. The van der Waals surface area contributed by atoms with Gasteiger partial charge in [-0.25, -0.2) is 13.6 Å². The van der Waals surface area contributed by atoms with Gasteiger partial charge in [0.1, 0.15) is 0 Å². The molecule has 3 aromatic rings. The number of nitrogens with one attached hydrogen (secondary N) is 1. The van der Waals surface area contributed by atoms with Gasteiger partial charge in [0.2, 0.25) is 10.0 Å². The van der Waals surface area contributed by atoms with Gasteiger partial charge in [-0.1, -0.05) is 11.6 Å². The maximum Gasteiger partial charge on any atom is 0.238 e. The van der Waals surface area contributed by atoms with Crippen molar-refractivity contribution in [2.45, 2.75) is 4.90 Å². The highest BCUT2D eigenvalue weighted by atomic mass is 35.5. The molecule has 118 valence electrons. The summed E-state index contributed by atoms with van der Waals surface area (Å²) in [6.45, 7) is 0. The van der Waals surface area contributed by atoms with E-state index in [1.54, 1.807) is 28.8 Å². The van der Waals surface area contributed by atoms with Crippen LogP contribution in [0, 0.1) is 4.77 Å². The molecule has 0 saturated carbocycles. The molecular weight excluding hydrogens is 356 g/mol. The fourth-order valence-electron chi connectivity index (χ4n) is 2.11. The molecule has 1 heterocycles. The number of aromatic nitrogens is 3. The van der Waals surface area contributed by atoms with Gasteiger partial charge in [0.05, 0.1) is 10.6 Å². The minimum absolute atomic E-state index is 0.0318. The average molecular weight is 367 g/mol. The monoisotopic (exact) mass is 366 g/mol. The summed E-state index contributed by atoms with van der Waals surface area (Å²) in [4.78, 5) is 0.0318. The summed E-state index contributed by atoms with van der Waals surface area (Å²) in [6, 6.07) is 13.2. The van der Waals surface area contributed by atoms with Gasteiger partial charge < -0.3 is 0 Å². The number of rotatable bonds is 3. The summed E-state index contributed by atoms with van der Waals surface area (Å²) in [6.07, 6.45) is 0. The highest BCUT2D eigenvalue weighted by Crippen LogP contribution is 2.23. The fourth-order valence-corrected chi connectivity index (χ4v) is 2.99. The van der Waals surface area contributed by atoms with Crippen molar-refractivity contribution in [1.29, 1.82) is 0 Å². The van der Waals surface area contributed by atoms with Gasteiger partial charge in [0.25, 0.3) is 0 Å². The second kappa shape index (κ2) is 5.89. The molecule has 3 N–H and O–H groups in total. The van der Waals surface area contributed by atoms with Crippen LogP contribution < -0.4 is 5.14 Å². The molecule has 23 heavy (non-hydrogen) atoms. The van der Waals surface area contributed by atoms with E-state index in [1.807, 2.05) is 12.1 Å². The normalized spacial score (nSPS) is 11.6. The van der Waals surface area contributed by atoms with Crippen molar-refractivity contribution in [2.24, 2.45) is 5.14 Å². The van der Waals surface area contributed by atoms with Crippen LogP contribution in [0.2, 0.25) is 5.02 Å². The Balaban J connectivity index is 2.12. The van der Waals surface area contributed by atoms with E-state index in [1.165, 1.54) is 12.1 Å². The number of nitrogens with zero attached hydrogens (tertiary/aromatic N) is 2. The molecule has 0 amide bonds. The molecule has 2 aromatic carbocycles. The molecule has 9 heteroatoms. The van der Waals surface area contributed by atoms with Crippen molar-refractivity contribution in [3.8, 4) is 17.1 Å². The van der Waals surface area contributed by atoms with Gasteiger partial charge >= 0.3 is 0 Å². The number of hydrogen-bond acceptors (Lipinski definition) is 4. The highest BCUT2D eigenvalue weighted by molar-refractivity contribution is 7.89. The second-order valence-corrected chi connectivity index (χ2v) is 7.12. The lowest BCUT2D eigenvalue weighted by atomic mass is 10.2. The minimum atomic E-state index is -3.74. The third-order valence-corrected chi connectivity index (χ3v) is 4.65. The van der Waals surface area contributed by atoms with Crippen molar-refractivity contribution in [3.05, 3.63) is 58.3 Å². The molecule has 6 nitrogen and oxygen atoms in total. The van der Waals surface area contributed by atoms with Gasteiger partial charge in [0.15, 0.2) is 10.6 Å². The van der Waals surface area contributed by atoms with Crippen LogP contribution in [0.1, 0.15) is 0 Å². The van der Waals surface area contributed by atoms with E-state index in [0.29, 0.717) is 21.3 Å². The number of sulfonamides is 1. The zero-order chi connectivity index (χ0) is 16.6. The summed E-state index contributed by atoms with van der Waals surface area (Å²) in [5, 5.41) is 12.7. The minimum Gasteiger partial charge on any atom is -0.268 e. The molecule has 0 bridgehead atoms. The Kier molecular flexibility index (Phi) is 4.07. The van der Waals surface area contributed by atoms with Gasteiger partial charge in [-0.15, -0.1) is 0 Å². The van der Waals surface area contributed by atoms with Gasteiger partial charge in [-0.2, -0.15) is 5.10 Å². The van der Waals surface area contributed by atoms with Crippen LogP contribution in [0.15, 0.2) is 53.4 Å². The third-order valence-electron chi connectivity index (χ3n) is 3.20. The maximum absolute atomic E-state index is 11.3. The first-order valence-corrected chi connectivity index (χ1v) is 8.76. The van der Waals surface area contributed by atoms with E-state index >= 15 is 0 Å². The van der Waals surface area contributed by atoms with E-state index < -0.39 is 10.0 Å². The van der Waals surface area contributed by atoms with Crippen LogP contribution in [0.25, 0.3) is 17.1 Å². The van der Waals surface area contributed by atoms with Gasteiger partial charge in [-0.3, -0.25) is 9.67 Å². The van der Waals surface area contributed by atoms with Gasteiger partial charge in [-0.05, 0) is 60.7 Å². The van der Waals surface area contributed by atoms with E-state index in [9.17, 15) is 8.42 Å². The third kappa shape index (κ3) is 3.20. The number of halogens is 1. The topological polar surface area (TPSA) is 93.8 Å². The summed E-state index contributed by atoms with van der Waals surface area (Å²) in [5.41, 5.74) is 1.48. The molecule has 3 rings (SSSR count). The lowest BCUT2D eigenvalue weighted by molar-refractivity contribution is 0.598. The average Bonchev–Trinajstić information content (AvgIpc) is 2.89. The second-order valence-electron chi connectivity index (χ2n) is 4.73. The molecule has 0 unspecified atom stereocenters. The van der Waals surface area contributed by atoms with E-state index in [2.05, 4.69) is 10.2 Å². The largest absolute Gasteiger partial charge is 0.268 e. The van der Waals surface area contributed by atoms with Crippen LogP contribution in [-0.4, -0.2) is 23.2 Å². The van der Waals surface area contributed by atoms with Crippen molar-refractivity contribution >= 4 is 33.8 Å². The predicted octanol–water partition coefficient (Wildman–Crippen LogP) is 2.90. The highest BCUT2D eigenvalue weighted by Gasteiger charge is 2.12. The smallest absolute Gasteiger partial charge is 0.238 e. The Hall–Kier alpha value is -2.00. The van der Waals surface area contributed by atoms with Crippen LogP contribution in [-0.2, 0) is 10.0 Å². The first-order chi connectivity index (χ1) is 10.9. The molecule has 0 radical (unpaired) electrons. The van der Waals surface area contributed by atoms with Crippen LogP contribution in [0.4, 0.5) is 0 Å². The number of aromatic amines is 1. The Labute approximate surface area is 142 Å². The molecule has 0 spiro atoms. The summed E-state index contributed by atoms with van der Waals surface area (Å²) in [5.74, 6) is 0.593. The van der Waals surface area contributed by atoms with Crippen LogP contribution >= 0.6 is 23.8 Å². The number of H-pyrrole nitrogens is 1. The standard InChI is InChI=1S/C14H11ClN4O2S2/c15-10-3-1-9(2-4-10)13-17-18-14(22)19(13)11-5-7-12(8-6-11)23(16,20)21/h1-8H,(H,18,22)(H2,16,20,21). The van der Waals surface area contributed by atoms with Crippen molar-refractivity contribution in [2.75, 3.05) is 0 Å². The molecule has 0 atom stereocenters. The van der Waals surface area contributed by atoms with Crippen LogP contribution in [0.3, 0.4) is 0 Å². The van der Waals surface area contributed by atoms with Gasteiger partial charge in [0, 0.05) is 10.6 Å². The first-order valence-electron chi connectivity index (χ1n) is 6.43. The molecule has 0 saturated heterocycles. The molecule has 0 aliphatic carbocycles. The molecule has 0 aliphatic rings. The predicted molar refractivity (Wildman–Crippen MR) is 90.6 cm³/mol. The van der Waals surface area contributed by atoms with Crippen molar-refractivity contribution in [1.82, 2.24) is 14.8 Å². The number of primary sulfonamides is 1. The maximum atomic E-state index is 11.3. The Morgan fingerprint density at radius 1 is 1.09 bits per heavy atom. The van der Waals surface area contributed by atoms with Crippen molar-refractivity contribution in [3.63, 3.8) is 0 Å². The number of benzene rings is 2. The zero-order valence-corrected chi connectivity index (χ0v) is 14.0. The molecule has 0 aliphatic heterocycles. The van der Waals surface area contributed by atoms with Crippen LogP contribution in [0.5, 0.6) is 0 Å².